The zero-order valence-corrected chi connectivity index (χ0v) is 14.8. The molecule has 2 fully saturated rings. The second-order valence-electron chi connectivity index (χ2n) is 5.92. The molecule has 1 aromatic heterocycles. The van der Waals surface area contributed by atoms with Gasteiger partial charge in [0.25, 0.3) is 5.91 Å². The highest BCUT2D eigenvalue weighted by Crippen LogP contribution is 2.21. The van der Waals surface area contributed by atoms with Gasteiger partial charge in [0.15, 0.2) is 0 Å². The highest BCUT2D eigenvalue weighted by atomic mass is 35.5. The fraction of sp³-hybridized carbons (Fsp3) is 0.643. The summed E-state index contributed by atoms with van der Waals surface area (Å²) in [6, 6.07) is 1.37. The number of hydrogen-bond acceptors (Lipinski definition) is 4. The van der Waals surface area contributed by atoms with Crippen molar-refractivity contribution in [3.05, 3.63) is 18.0 Å². The molecule has 1 amide bonds. The summed E-state index contributed by atoms with van der Waals surface area (Å²) in [5, 5.41) is 3.17. The van der Waals surface area contributed by atoms with E-state index in [2.05, 4.69) is 10.3 Å². The second kappa shape index (κ2) is 7.21. The molecule has 1 atom stereocenters. The highest BCUT2D eigenvalue weighted by molar-refractivity contribution is 7.89. The number of halogens is 1. The summed E-state index contributed by atoms with van der Waals surface area (Å²) in [5.74, 6) is -0.118. The predicted molar refractivity (Wildman–Crippen MR) is 89.4 cm³/mol. The molecule has 0 aromatic carbocycles. The van der Waals surface area contributed by atoms with E-state index < -0.39 is 10.0 Å². The maximum Gasteiger partial charge on any atom is 0.270 e. The number of aromatic amines is 1. The molecule has 23 heavy (non-hydrogen) atoms. The van der Waals surface area contributed by atoms with E-state index in [-0.39, 0.29) is 29.3 Å². The van der Waals surface area contributed by atoms with Crippen LogP contribution in [0.2, 0.25) is 0 Å². The molecule has 0 spiro atoms. The molecule has 1 aromatic rings. The Morgan fingerprint density at radius 3 is 2.61 bits per heavy atom. The summed E-state index contributed by atoms with van der Waals surface area (Å²) >= 11 is 0. The van der Waals surface area contributed by atoms with Crippen molar-refractivity contribution >= 4 is 28.3 Å². The molecule has 0 radical (unpaired) electrons. The van der Waals surface area contributed by atoms with Crippen molar-refractivity contribution < 1.29 is 13.2 Å². The number of rotatable bonds is 3. The third kappa shape index (κ3) is 3.55. The van der Waals surface area contributed by atoms with Gasteiger partial charge in [-0.3, -0.25) is 4.79 Å². The largest absolute Gasteiger partial charge is 0.356 e. The molecule has 2 aliphatic rings. The molecular weight excluding hydrogens is 340 g/mol. The molecule has 0 bridgehead atoms. The molecule has 7 nitrogen and oxygen atoms in total. The number of hydrogen-bond donors (Lipinski definition) is 2. The Hall–Kier alpha value is -1.09. The highest BCUT2D eigenvalue weighted by Gasteiger charge is 2.32. The minimum atomic E-state index is -3.56. The number of carbonyl (C=O) groups is 1. The number of nitrogens with zero attached hydrogens (tertiary/aromatic N) is 2. The average Bonchev–Trinajstić information content (AvgIpc) is 3.19. The van der Waals surface area contributed by atoms with Crippen LogP contribution >= 0.6 is 12.4 Å². The van der Waals surface area contributed by atoms with E-state index in [4.69, 9.17) is 0 Å². The van der Waals surface area contributed by atoms with Gasteiger partial charge in [0.2, 0.25) is 10.0 Å². The molecule has 1 unspecified atom stereocenters. The van der Waals surface area contributed by atoms with E-state index in [1.807, 2.05) is 6.92 Å². The van der Waals surface area contributed by atoms with Gasteiger partial charge in [-0.1, -0.05) is 0 Å². The van der Waals surface area contributed by atoms with Gasteiger partial charge in [-0.25, -0.2) is 8.42 Å². The van der Waals surface area contributed by atoms with Crippen LogP contribution in [0.1, 0.15) is 30.3 Å². The van der Waals surface area contributed by atoms with Gasteiger partial charge in [-0.2, -0.15) is 4.31 Å². The molecule has 0 aliphatic carbocycles. The number of H-pyrrole nitrogens is 1. The van der Waals surface area contributed by atoms with Crippen LogP contribution in [0.5, 0.6) is 0 Å². The molecule has 3 rings (SSSR count). The molecule has 130 valence electrons. The number of nitrogens with one attached hydrogen (secondary N) is 2. The smallest absolute Gasteiger partial charge is 0.270 e. The summed E-state index contributed by atoms with van der Waals surface area (Å²) < 4.78 is 26.9. The van der Waals surface area contributed by atoms with Gasteiger partial charge >= 0.3 is 0 Å². The quantitative estimate of drug-likeness (QED) is 0.827. The van der Waals surface area contributed by atoms with E-state index in [9.17, 15) is 13.2 Å². The fourth-order valence-corrected chi connectivity index (χ4v) is 4.68. The zero-order chi connectivity index (χ0) is 15.7. The Labute approximate surface area is 142 Å². The Balaban J connectivity index is 0.00000192. The summed E-state index contributed by atoms with van der Waals surface area (Å²) in [5.41, 5.74) is 0.350. The number of amides is 1. The standard InChI is InChI=1S/C14H22N4O3S.ClH/c1-11-9-15-4-7-18(11)22(20,21)12-8-13(16-10-12)14(19)17-5-2-3-6-17;/h8,10-11,15-16H,2-7,9H2,1H3;1H. The van der Waals surface area contributed by atoms with Gasteiger partial charge in [0, 0.05) is 45.0 Å². The fourth-order valence-electron chi connectivity index (χ4n) is 3.05. The molecule has 3 heterocycles. The third-order valence-electron chi connectivity index (χ3n) is 4.33. The van der Waals surface area contributed by atoms with Crippen LogP contribution in [-0.4, -0.2) is 67.3 Å². The van der Waals surface area contributed by atoms with Crippen molar-refractivity contribution in [3.8, 4) is 0 Å². The predicted octanol–water partition coefficient (Wildman–Crippen LogP) is 0.655. The van der Waals surface area contributed by atoms with Crippen LogP contribution in [0, 0.1) is 0 Å². The van der Waals surface area contributed by atoms with Gasteiger partial charge in [-0.15, -0.1) is 12.4 Å². The SMILES string of the molecule is CC1CNCCN1S(=O)(=O)c1c[nH]c(C(=O)N2CCCC2)c1.Cl. The van der Waals surface area contributed by atoms with Crippen molar-refractivity contribution in [2.24, 2.45) is 0 Å². The molecule has 2 N–H and O–H groups in total. The van der Waals surface area contributed by atoms with Crippen molar-refractivity contribution in [2.75, 3.05) is 32.7 Å². The van der Waals surface area contributed by atoms with Gasteiger partial charge < -0.3 is 15.2 Å². The van der Waals surface area contributed by atoms with Crippen molar-refractivity contribution in [3.63, 3.8) is 0 Å². The number of sulfonamides is 1. The Kier molecular flexibility index (Phi) is 5.72. The molecule has 2 saturated heterocycles. The first-order valence-corrected chi connectivity index (χ1v) is 9.14. The molecular formula is C14H23ClN4O3S. The van der Waals surface area contributed by atoms with Crippen LogP contribution in [0.25, 0.3) is 0 Å². The van der Waals surface area contributed by atoms with Crippen LogP contribution in [0.15, 0.2) is 17.2 Å². The Bertz CT molecular complexity index is 655. The second-order valence-corrected chi connectivity index (χ2v) is 7.81. The van der Waals surface area contributed by atoms with Crippen LogP contribution in [0.3, 0.4) is 0 Å². The maximum absolute atomic E-state index is 12.7. The maximum atomic E-state index is 12.7. The number of aromatic nitrogens is 1. The Morgan fingerprint density at radius 1 is 1.26 bits per heavy atom. The Morgan fingerprint density at radius 2 is 1.96 bits per heavy atom. The molecule has 9 heteroatoms. The molecule has 0 saturated carbocycles. The van der Waals surface area contributed by atoms with Gasteiger partial charge in [-0.05, 0) is 25.8 Å². The minimum Gasteiger partial charge on any atom is -0.356 e. The van der Waals surface area contributed by atoms with E-state index in [0.29, 0.717) is 25.3 Å². The lowest BCUT2D eigenvalue weighted by Gasteiger charge is -2.32. The van der Waals surface area contributed by atoms with Crippen LogP contribution in [-0.2, 0) is 10.0 Å². The van der Waals surface area contributed by atoms with Crippen molar-refractivity contribution in [1.82, 2.24) is 19.5 Å². The summed E-state index contributed by atoms with van der Waals surface area (Å²) in [7, 11) is -3.56. The first-order valence-electron chi connectivity index (χ1n) is 7.70. The van der Waals surface area contributed by atoms with Gasteiger partial charge in [0.1, 0.15) is 10.6 Å². The zero-order valence-electron chi connectivity index (χ0n) is 13.1. The van der Waals surface area contributed by atoms with Crippen molar-refractivity contribution in [1.29, 1.82) is 0 Å². The third-order valence-corrected chi connectivity index (χ3v) is 6.32. The topological polar surface area (TPSA) is 85.5 Å². The lowest BCUT2D eigenvalue weighted by Crippen LogP contribution is -2.52. The normalized spacial score (nSPS) is 22.8. The van der Waals surface area contributed by atoms with Crippen LogP contribution in [0.4, 0.5) is 0 Å². The minimum absolute atomic E-state index is 0. The first-order chi connectivity index (χ1) is 10.5. The van der Waals surface area contributed by atoms with E-state index in [1.54, 1.807) is 4.90 Å². The van der Waals surface area contributed by atoms with E-state index in [0.717, 1.165) is 25.9 Å². The summed E-state index contributed by atoms with van der Waals surface area (Å²) in [6.07, 6.45) is 3.44. The number of likely N-dealkylation sites (tertiary alicyclic amines) is 1. The van der Waals surface area contributed by atoms with Crippen LogP contribution < -0.4 is 5.32 Å². The average molecular weight is 363 g/mol. The number of carbonyl (C=O) groups excluding carboxylic acids is 1. The lowest BCUT2D eigenvalue weighted by molar-refractivity contribution is 0.0787. The monoisotopic (exact) mass is 362 g/mol. The number of piperazine rings is 1. The first kappa shape index (κ1) is 18.3. The molecule has 2 aliphatic heterocycles. The van der Waals surface area contributed by atoms with E-state index >= 15 is 0 Å². The summed E-state index contributed by atoms with van der Waals surface area (Å²) in [4.78, 5) is 17.1. The lowest BCUT2D eigenvalue weighted by atomic mass is 10.3. The van der Waals surface area contributed by atoms with Crippen molar-refractivity contribution in [2.45, 2.75) is 30.7 Å². The van der Waals surface area contributed by atoms with Gasteiger partial charge in [0.05, 0.1) is 0 Å². The summed E-state index contributed by atoms with van der Waals surface area (Å²) in [6.45, 7) is 5.11. The van der Waals surface area contributed by atoms with E-state index in [1.165, 1.54) is 16.6 Å².